The van der Waals surface area contributed by atoms with E-state index < -0.39 is 67.3 Å². The monoisotopic (exact) mass is 457 g/mol. The number of aryl methyl sites for hydroxylation is 1. The van der Waals surface area contributed by atoms with Gasteiger partial charge in [0.15, 0.2) is 45.8 Å². The SMILES string of the molecule is CCc1cc2c(=O)cc3c4c(F)c(F)c(F)c5c(F)c(F)c(F)c(c54)c4cc(=O)c(c1)c2n34. The highest BCUT2D eigenvalue weighted by Crippen LogP contribution is 2.42. The summed E-state index contributed by atoms with van der Waals surface area (Å²) in [6, 6.07) is 4.87. The fourth-order valence-electron chi connectivity index (χ4n) is 4.81. The number of hydrogen-bond donors (Lipinski definition) is 0. The van der Waals surface area contributed by atoms with Crippen molar-refractivity contribution in [2.45, 2.75) is 13.3 Å². The van der Waals surface area contributed by atoms with E-state index in [1.165, 1.54) is 12.1 Å². The van der Waals surface area contributed by atoms with Crippen molar-refractivity contribution in [3.8, 4) is 0 Å². The molecule has 0 aliphatic carbocycles. The lowest BCUT2D eigenvalue weighted by Gasteiger charge is -2.20. The number of hydrogen-bond acceptors (Lipinski definition) is 2. The lowest BCUT2D eigenvalue weighted by atomic mass is 9.94. The molecule has 0 fully saturated rings. The molecule has 3 aromatic heterocycles. The quantitative estimate of drug-likeness (QED) is 0.141. The van der Waals surface area contributed by atoms with Crippen LogP contribution in [-0.2, 0) is 6.42 Å². The first kappa shape index (κ1) is 19.8. The lowest BCUT2D eigenvalue weighted by molar-refractivity contribution is 0.442. The zero-order chi connectivity index (χ0) is 23.5. The average Bonchev–Trinajstić information content (AvgIpc) is 2.79. The number of nitrogens with zero attached hydrogens (tertiary/aromatic N) is 1. The van der Waals surface area contributed by atoms with Crippen molar-refractivity contribution in [1.82, 2.24) is 4.40 Å². The molecule has 0 aliphatic rings. The van der Waals surface area contributed by atoms with Crippen LogP contribution in [0.2, 0.25) is 0 Å². The standard InChI is InChI=1S/C24H9F6NO2/c1-2-7-3-8-12(32)5-10-14-16-15(11-6-13(33)9(4-7)24(8)31(10)11)19(26)23(30)21(28)17(16)20(27)22(29)18(14)25/h3-6H,2H2,1H3. The molecule has 6 aromatic rings. The van der Waals surface area contributed by atoms with E-state index in [0.717, 1.165) is 16.5 Å². The molecule has 0 aliphatic heterocycles. The normalized spacial score (nSPS) is 12.5. The van der Waals surface area contributed by atoms with Gasteiger partial charge in [-0.1, -0.05) is 6.92 Å². The molecule has 0 amide bonds. The Kier molecular flexibility index (Phi) is 3.67. The summed E-state index contributed by atoms with van der Waals surface area (Å²) in [4.78, 5) is 25.9. The van der Waals surface area contributed by atoms with Crippen molar-refractivity contribution in [2.75, 3.05) is 0 Å². The lowest BCUT2D eigenvalue weighted by Crippen LogP contribution is -2.15. The number of pyridine rings is 3. The van der Waals surface area contributed by atoms with Crippen LogP contribution < -0.4 is 10.9 Å². The summed E-state index contributed by atoms with van der Waals surface area (Å²) in [5, 5.41) is -3.60. The average molecular weight is 457 g/mol. The Morgan fingerprint density at radius 2 is 1.03 bits per heavy atom. The number of aromatic nitrogens is 1. The summed E-state index contributed by atoms with van der Waals surface area (Å²) in [7, 11) is 0. The van der Waals surface area contributed by atoms with Gasteiger partial charge in [-0.05, 0) is 24.1 Å². The maximum absolute atomic E-state index is 15.1. The summed E-state index contributed by atoms with van der Waals surface area (Å²) in [5.74, 6) is -11.9. The fraction of sp³-hybridized carbons (Fsp3) is 0.0833. The van der Waals surface area contributed by atoms with Crippen LogP contribution in [0.15, 0.2) is 33.9 Å². The Morgan fingerprint density at radius 3 is 1.45 bits per heavy atom. The largest absolute Gasteiger partial charge is 0.307 e. The van der Waals surface area contributed by atoms with Crippen molar-refractivity contribution in [2.24, 2.45) is 0 Å². The molecule has 6 rings (SSSR count). The predicted molar refractivity (Wildman–Crippen MR) is 111 cm³/mol. The van der Waals surface area contributed by atoms with Gasteiger partial charge in [0.25, 0.3) is 0 Å². The Bertz CT molecular complexity index is 1830. The van der Waals surface area contributed by atoms with Gasteiger partial charge in [0.05, 0.1) is 21.9 Å². The number of fused-ring (bicyclic) bond motifs is 2. The molecule has 0 atom stereocenters. The Balaban J connectivity index is 2.14. The second kappa shape index (κ2) is 6.12. The van der Waals surface area contributed by atoms with Crippen LogP contribution >= 0.6 is 0 Å². The van der Waals surface area contributed by atoms with Gasteiger partial charge in [-0.15, -0.1) is 0 Å². The van der Waals surface area contributed by atoms with Gasteiger partial charge in [-0.2, -0.15) is 0 Å². The third-order valence-corrected chi connectivity index (χ3v) is 6.26. The molecule has 3 nitrogen and oxygen atoms in total. The predicted octanol–water partition coefficient (Wildman–Crippen LogP) is 5.55. The van der Waals surface area contributed by atoms with Crippen LogP contribution in [0.3, 0.4) is 0 Å². The molecule has 9 heteroatoms. The van der Waals surface area contributed by atoms with E-state index in [0.29, 0.717) is 12.0 Å². The highest BCUT2D eigenvalue weighted by Gasteiger charge is 2.31. The molecule has 0 N–H and O–H groups in total. The molecule has 3 aromatic carbocycles. The van der Waals surface area contributed by atoms with Gasteiger partial charge in [-0.3, -0.25) is 9.59 Å². The van der Waals surface area contributed by atoms with Gasteiger partial charge >= 0.3 is 0 Å². The van der Waals surface area contributed by atoms with E-state index in [1.54, 1.807) is 6.92 Å². The Morgan fingerprint density at radius 1 is 0.606 bits per heavy atom. The summed E-state index contributed by atoms with van der Waals surface area (Å²) in [6.07, 6.45) is 0.481. The Hall–Kier alpha value is -3.88. The van der Waals surface area contributed by atoms with Crippen molar-refractivity contribution in [1.29, 1.82) is 0 Å². The van der Waals surface area contributed by atoms with Crippen LogP contribution in [0.5, 0.6) is 0 Å². The van der Waals surface area contributed by atoms with Gasteiger partial charge < -0.3 is 4.40 Å². The topological polar surface area (TPSA) is 38.5 Å². The first-order valence-corrected chi connectivity index (χ1v) is 9.83. The molecule has 0 saturated carbocycles. The fourth-order valence-corrected chi connectivity index (χ4v) is 4.81. The summed E-state index contributed by atoms with van der Waals surface area (Å²) < 4.78 is 89.3. The summed E-state index contributed by atoms with van der Waals surface area (Å²) in [5.41, 5.74) is -1.36. The number of benzene rings is 3. The van der Waals surface area contributed by atoms with E-state index in [1.807, 2.05) is 0 Å². The molecule has 0 spiro atoms. The summed E-state index contributed by atoms with van der Waals surface area (Å²) in [6.45, 7) is 1.80. The van der Waals surface area contributed by atoms with Crippen LogP contribution in [0, 0.1) is 34.9 Å². The zero-order valence-corrected chi connectivity index (χ0v) is 16.5. The highest BCUT2D eigenvalue weighted by molar-refractivity contribution is 6.22. The van der Waals surface area contributed by atoms with Crippen molar-refractivity contribution >= 4 is 48.9 Å². The second-order valence-electron chi connectivity index (χ2n) is 7.90. The molecule has 3 heterocycles. The maximum Gasteiger partial charge on any atom is 0.195 e. The van der Waals surface area contributed by atoms with E-state index >= 15 is 8.78 Å². The van der Waals surface area contributed by atoms with Crippen LogP contribution in [0.4, 0.5) is 26.3 Å². The molecular formula is C24H9F6NO2. The molecule has 164 valence electrons. The minimum Gasteiger partial charge on any atom is -0.307 e. The third kappa shape index (κ3) is 2.17. The van der Waals surface area contributed by atoms with Crippen molar-refractivity contribution in [3.05, 3.63) is 85.2 Å². The molecule has 0 bridgehead atoms. The first-order valence-electron chi connectivity index (χ1n) is 9.83. The maximum atomic E-state index is 15.1. The van der Waals surface area contributed by atoms with E-state index in [9.17, 15) is 27.2 Å². The first-order chi connectivity index (χ1) is 15.7. The van der Waals surface area contributed by atoms with Crippen LogP contribution in [-0.4, -0.2) is 4.40 Å². The minimum absolute atomic E-state index is 0.00994. The third-order valence-electron chi connectivity index (χ3n) is 6.26. The van der Waals surface area contributed by atoms with Crippen LogP contribution in [0.1, 0.15) is 12.5 Å². The zero-order valence-electron chi connectivity index (χ0n) is 16.5. The van der Waals surface area contributed by atoms with Crippen molar-refractivity contribution < 1.29 is 26.3 Å². The molecule has 0 radical (unpaired) electrons. The molecular weight excluding hydrogens is 448 g/mol. The van der Waals surface area contributed by atoms with Crippen molar-refractivity contribution in [3.63, 3.8) is 0 Å². The molecule has 0 saturated heterocycles. The van der Waals surface area contributed by atoms with Gasteiger partial charge in [-0.25, -0.2) is 26.3 Å². The van der Waals surface area contributed by atoms with Crippen LogP contribution in [0.25, 0.3) is 48.9 Å². The minimum atomic E-state index is -2.10. The van der Waals surface area contributed by atoms with E-state index in [-0.39, 0.29) is 27.3 Å². The van der Waals surface area contributed by atoms with E-state index in [2.05, 4.69) is 0 Å². The van der Waals surface area contributed by atoms with E-state index in [4.69, 9.17) is 0 Å². The summed E-state index contributed by atoms with van der Waals surface area (Å²) >= 11 is 0. The van der Waals surface area contributed by atoms with Gasteiger partial charge in [0.2, 0.25) is 0 Å². The molecule has 0 unspecified atom stereocenters. The number of rotatable bonds is 1. The Labute approximate surface area is 178 Å². The highest BCUT2D eigenvalue weighted by atomic mass is 19.2. The van der Waals surface area contributed by atoms with Gasteiger partial charge in [0, 0.05) is 39.1 Å². The van der Waals surface area contributed by atoms with Gasteiger partial charge in [0.1, 0.15) is 0 Å². The second-order valence-corrected chi connectivity index (χ2v) is 7.90. The smallest absolute Gasteiger partial charge is 0.195 e. The molecule has 33 heavy (non-hydrogen) atoms. The number of halogens is 6.